The van der Waals surface area contributed by atoms with Crippen LogP contribution in [-0.4, -0.2) is 88.1 Å². The lowest BCUT2D eigenvalue weighted by atomic mass is 10.1. The molecule has 2 aliphatic rings. The zero-order valence-electron chi connectivity index (χ0n) is 22.2. The lowest BCUT2D eigenvalue weighted by Crippen LogP contribution is -2.47. The predicted octanol–water partition coefficient (Wildman–Crippen LogP) is 2.69. The van der Waals surface area contributed by atoms with Crippen molar-refractivity contribution in [2.24, 2.45) is 0 Å². The Kier molecular flexibility index (Phi) is 6.95. The van der Waals surface area contributed by atoms with Gasteiger partial charge in [-0.3, -0.25) is 0 Å². The number of amides is 1. The van der Waals surface area contributed by atoms with Crippen LogP contribution in [0.25, 0.3) is 17.0 Å². The van der Waals surface area contributed by atoms with Crippen molar-refractivity contribution in [1.29, 1.82) is 0 Å². The monoisotopic (exact) mass is 562 g/mol. The average molecular weight is 563 g/mol. The van der Waals surface area contributed by atoms with Gasteiger partial charge in [0.05, 0.1) is 25.3 Å². The number of carbonyl (C=O) groups is 1. The molecule has 210 valence electrons. The maximum absolute atomic E-state index is 15.0. The molecule has 3 aromatic rings. The van der Waals surface area contributed by atoms with Gasteiger partial charge < -0.3 is 19.7 Å². The highest BCUT2D eigenvalue weighted by Crippen LogP contribution is 2.33. The van der Waals surface area contributed by atoms with Gasteiger partial charge in [0.15, 0.2) is 17.2 Å². The molecule has 0 aromatic carbocycles. The number of aromatic nitrogens is 5. The van der Waals surface area contributed by atoms with E-state index in [1.807, 2.05) is 20.8 Å². The number of hydrogen-bond acceptors (Lipinski definition) is 10. The van der Waals surface area contributed by atoms with E-state index < -0.39 is 27.5 Å². The van der Waals surface area contributed by atoms with Crippen LogP contribution in [0.4, 0.5) is 21.0 Å². The molecule has 1 amide bonds. The van der Waals surface area contributed by atoms with Gasteiger partial charge in [-0.2, -0.15) is 0 Å². The van der Waals surface area contributed by atoms with Crippen molar-refractivity contribution < 1.29 is 27.1 Å². The molecule has 3 aromatic heterocycles. The van der Waals surface area contributed by atoms with Crippen molar-refractivity contribution in [2.75, 3.05) is 42.1 Å². The van der Waals surface area contributed by atoms with E-state index in [0.717, 1.165) is 19.0 Å². The molecule has 0 unspecified atom stereocenters. The van der Waals surface area contributed by atoms with Crippen LogP contribution in [0.15, 0.2) is 18.5 Å². The number of ether oxygens (including phenoxy) is 2. The first-order valence-corrected chi connectivity index (χ1v) is 14.3. The van der Waals surface area contributed by atoms with E-state index in [4.69, 9.17) is 9.47 Å². The van der Waals surface area contributed by atoms with E-state index in [1.54, 1.807) is 11.0 Å². The highest BCUT2D eigenvalue weighted by atomic mass is 32.2. The molecule has 1 N–H and O–H groups in total. The number of imidazole rings is 1. The SMILES string of the molecule is COc1cc2ncc(-c3nc(N[C@@H]4CCCN(C(=O)OC(C)(C)C)C4)ncc3F)n2nc1N1CCCS1(=O)=O. The van der Waals surface area contributed by atoms with Crippen molar-refractivity contribution >= 4 is 33.5 Å². The average Bonchev–Trinajstić information content (AvgIpc) is 3.45. The van der Waals surface area contributed by atoms with Gasteiger partial charge in [0.25, 0.3) is 0 Å². The number of fused-ring (bicyclic) bond motifs is 1. The minimum Gasteiger partial charge on any atom is -0.493 e. The van der Waals surface area contributed by atoms with Gasteiger partial charge in [-0.1, -0.05) is 0 Å². The molecule has 5 heterocycles. The smallest absolute Gasteiger partial charge is 0.410 e. The second kappa shape index (κ2) is 10.1. The Morgan fingerprint density at radius 2 is 1.97 bits per heavy atom. The highest BCUT2D eigenvalue weighted by molar-refractivity contribution is 7.93. The molecule has 15 heteroatoms. The summed E-state index contributed by atoms with van der Waals surface area (Å²) in [6, 6.07) is 1.38. The van der Waals surface area contributed by atoms with Crippen LogP contribution in [0.1, 0.15) is 40.0 Å². The van der Waals surface area contributed by atoms with E-state index in [-0.39, 0.29) is 47.2 Å². The number of likely N-dealkylation sites (tertiary alicyclic amines) is 1. The Labute approximate surface area is 225 Å². The topological polar surface area (TPSA) is 144 Å². The third kappa shape index (κ3) is 5.53. The Bertz CT molecular complexity index is 1510. The lowest BCUT2D eigenvalue weighted by Gasteiger charge is -2.34. The fourth-order valence-electron chi connectivity index (χ4n) is 4.64. The van der Waals surface area contributed by atoms with E-state index in [0.29, 0.717) is 25.2 Å². The zero-order valence-corrected chi connectivity index (χ0v) is 23.0. The first kappa shape index (κ1) is 26.8. The van der Waals surface area contributed by atoms with Crippen molar-refractivity contribution in [2.45, 2.75) is 51.7 Å². The first-order chi connectivity index (χ1) is 18.4. The van der Waals surface area contributed by atoms with Gasteiger partial charge in [-0.25, -0.2) is 41.4 Å². The van der Waals surface area contributed by atoms with Crippen LogP contribution >= 0.6 is 0 Å². The third-order valence-electron chi connectivity index (χ3n) is 6.39. The largest absolute Gasteiger partial charge is 0.493 e. The van der Waals surface area contributed by atoms with Crippen LogP contribution in [0.3, 0.4) is 0 Å². The number of nitrogens with one attached hydrogen (secondary N) is 1. The second-order valence-corrected chi connectivity index (χ2v) is 12.5. The summed E-state index contributed by atoms with van der Waals surface area (Å²) in [7, 11) is -2.13. The summed E-state index contributed by atoms with van der Waals surface area (Å²) >= 11 is 0. The molecule has 0 spiro atoms. The molecule has 0 aliphatic carbocycles. The molecule has 1 atom stereocenters. The summed E-state index contributed by atoms with van der Waals surface area (Å²) in [5.41, 5.74) is -0.118. The molecular formula is C24H31FN8O5S. The molecule has 13 nitrogen and oxygen atoms in total. The number of anilines is 2. The Morgan fingerprint density at radius 3 is 2.67 bits per heavy atom. The minimum absolute atomic E-state index is 0.00868. The van der Waals surface area contributed by atoms with Crippen LogP contribution in [-0.2, 0) is 14.8 Å². The molecule has 5 rings (SSSR count). The number of hydrogen-bond donors (Lipinski definition) is 1. The summed E-state index contributed by atoms with van der Waals surface area (Å²) in [6.45, 7) is 6.67. The van der Waals surface area contributed by atoms with E-state index in [1.165, 1.54) is 22.1 Å². The summed E-state index contributed by atoms with van der Waals surface area (Å²) in [4.78, 5) is 26.9. The van der Waals surface area contributed by atoms with Crippen LogP contribution < -0.4 is 14.4 Å². The third-order valence-corrected chi connectivity index (χ3v) is 8.22. The van der Waals surface area contributed by atoms with Crippen molar-refractivity contribution in [3.63, 3.8) is 0 Å². The second-order valence-electron chi connectivity index (χ2n) is 10.5. The molecule has 2 saturated heterocycles. The van der Waals surface area contributed by atoms with Gasteiger partial charge in [-0.15, -0.1) is 5.10 Å². The Hall–Kier alpha value is -3.75. The van der Waals surface area contributed by atoms with E-state index >= 15 is 4.39 Å². The number of sulfonamides is 1. The van der Waals surface area contributed by atoms with Crippen LogP contribution in [0.2, 0.25) is 0 Å². The van der Waals surface area contributed by atoms with Gasteiger partial charge in [0.2, 0.25) is 21.8 Å². The molecule has 0 saturated carbocycles. The Balaban J connectivity index is 1.43. The van der Waals surface area contributed by atoms with Crippen LogP contribution in [0.5, 0.6) is 5.75 Å². The summed E-state index contributed by atoms with van der Waals surface area (Å²) < 4.78 is 53.5. The van der Waals surface area contributed by atoms with Crippen molar-refractivity contribution in [3.8, 4) is 17.1 Å². The number of carbonyl (C=O) groups excluding carboxylic acids is 1. The Morgan fingerprint density at radius 1 is 1.18 bits per heavy atom. The standard InChI is InChI=1S/C24H31FN8O5S/c1-24(2,3)38-23(34)31-8-5-7-15(14-31)28-22-27-12-16(25)20(29-22)17-13-26-19-11-18(37-4)21(30-33(17)19)32-9-6-10-39(32,35)36/h11-13,15H,5-10,14H2,1-4H3,(H,27,28,29)/t15-/m1/s1. The number of piperidine rings is 1. The lowest BCUT2D eigenvalue weighted by molar-refractivity contribution is 0.0206. The maximum atomic E-state index is 15.0. The molecular weight excluding hydrogens is 531 g/mol. The first-order valence-electron chi connectivity index (χ1n) is 12.7. The van der Waals surface area contributed by atoms with Gasteiger partial charge >= 0.3 is 6.09 Å². The van der Waals surface area contributed by atoms with Crippen LogP contribution in [0, 0.1) is 5.82 Å². The normalized spacial score (nSPS) is 19.4. The number of methoxy groups -OCH3 is 1. The summed E-state index contributed by atoms with van der Waals surface area (Å²) in [5, 5.41) is 7.67. The summed E-state index contributed by atoms with van der Waals surface area (Å²) in [6.07, 6.45) is 4.05. The van der Waals surface area contributed by atoms with E-state index in [9.17, 15) is 13.2 Å². The molecule has 2 fully saturated rings. The van der Waals surface area contributed by atoms with Crippen molar-refractivity contribution in [1.82, 2.24) is 29.5 Å². The fraction of sp³-hybridized carbons (Fsp3) is 0.542. The highest BCUT2D eigenvalue weighted by Gasteiger charge is 2.33. The quantitative estimate of drug-likeness (QED) is 0.493. The van der Waals surface area contributed by atoms with E-state index in [2.05, 4.69) is 25.4 Å². The maximum Gasteiger partial charge on any atom is 0.410 e. The molecule has 0 radical (unpaired) electrons. The number of rotatable bonds is 5. The molecule has 0 bridgehead atoms. The fourth-order valence-corrected chi connectivity index (χ4v) is 6.15. The minimum atomic E-state index is -3.54. The molecule has 39 heavy (non-hydrogen) atoms. The van der Waals surface area contributed by atoms with Gasteiger partial charge in [-0.05, 0) is 40.0 Å². The number of halogens is 1. The zero-order chi connectivity index (χ0) is 27.9. The molecule has 2 aliphatic heterocycles. The van der Waals surface area contributed by atoms with Gasteiger partial charge in [0, 0.05) is 31.7 Å². The van der Waals surface area contributed by atoms with Crippen molar-refractivity contribution in [3.05, 3.63) is 24.3 Å². The predicted molar refractivity (Wildman–Crippen MR) is 141 cm³/mol. The summed E-state index contributed by atoms with van der Waals surface area (Å²) in [5.74, 6) is -0.182. The van der Waals surface area contributed by atoms with Gasteiger partial charge in [0.1, 0.15) is 17.0 Å². The number of nitrogens with zero attached hydrogens (tertiary/aromatic N) is 7.